The molecule has 0 aliphatic carbocycles. The molecular formula is C30H33ClN2O5. The van der Waals surface area contributed by atoms with Crippen LogP contribution in [0.3, 0.4) is 0 Å². The number of methoxy groups -OCH3 is 1. The minimum absolute atomic E-state index is 0.0470. The van der Waals surface area contributed by atoms with Crippen molar-refractivity contribution in [2.24, 2.45) is 5.92 Å². The lowest BCUT2D eigenvalue weighted by atomic mass is 9.93. The molecule has 5 rings (SSSR count). The number of hydrogen-bond donors (Lipinski definition) is 0. The topological polar surface area (TPSA) is 70.0 Å². The fraction of sp³-hybridized carbons (Fsp3) is 0.400. The molecule has 0 radical (unpaired) electrons. The Hall–Kier alpha value is -3.29. The molecule has 3 heterocycles. The summed E-state index contributed by atoms with van der Waals surface area (Å²) in [5.41, 5.74) is 3.75. The Morgan fingerprint density at radius 3 is 2.63 bits per heavy atom. The quantitative estimate of drug-likeness (QED) is 0.353. The molecule has 1 amide bonds. The summed E-state index contributed by atoms with van der Waals surface area (Å²) < 4.78 is 19.4. The SMILES string of the molecule is CCOC(=O)CC1CCN(C(=O)CC2OC(c3cccc(OC)c3)c3cc(Cl)ccc3-n3cccc32)CC1. The summed E-state index contributed by atoms with van der Waals surface area (Å²) in [6.07, 6.45) is 3.32. The third kappa shape index (κ3) is 5.59. The monoisotopic (exact) mass is 536 g/mol. The van der Waals surface area contributed by atoms with Crippen LogP contribution in [0.15, 0.2) is 60.8 Å². The van der Waals surface area contributed by atoms with Crippen LogP contribution in [-0.4, -0.2) is 48.1 Å². The Morgan fingerprint density at radius 1 is 1.05 bits per heavy atom. The zero-order valence-corrected chi connectivity index (χ0v) is 22.5. The van der Waals surface area contributed by atoms with Gasteiger partial charge in [-0.3, -0.25) is 9.59 Å². The van der Waals surface area contributed by atoms with E-state index in [-0.39, 0.29) is 24.2 Å². The number of aromatic nitrogens is 1. The predicted octanol–water partition coefficient (Wildman–Crippen LogP) is 5.88. The smallest absolute Gasteiger partial charge is 0.306 e. The second-order valence-corrected chi connectivity index (χ2v) is 10.3. The predicted molar refractivity (Wildman–Crippen MR) is 145 cm³/mol. The normalized spacial score (nSPS) is 19.3. The fourth-order valence-corrected chi connectivity index (χ4v) is 5.66. The van der Waals surface area contributed by atoms with Crippen LogP contribution in [0.25, 0.3) is 5.69 Å². The number of nitrogens with zero attached hydrogens (tertiary/aromatic N) is 2. The van der Waals surface area contributed by atoms with E-state index in [4.69, 9.17) is 25.8 Å². The van der Waals surface area contributed by atoms with Crippen LogP contribution >= 0.6 is 11.6 Å². The lowest BCUT2D eigenvalue weighted by Gasteiger charge is -2.33. The largest absolute Gasteiger partial charge is 0.497 e. The van der Waals surface area contributed by atoms with Crippen molar-refractivity contribution in [1.29, 1.82) is 0 Å². The highest BCUT2D eigenvalue weighted by Crippen LogP contribution is 2.42. The van der Waals surface area contributed by atoms with E-state index < -0.39 is 12.2 Å². The molecule has 2 aliphatic heterocycles. The van der Waals surface area contributed by atoms with Crippen molar-refractivity contribution in [1.82, 2.24) is 9.47 Å². The van der Waals surface area contributed by atoms with Crippen molar-refractivity contribution in [2.45, 2.75) is 44.8 Å². The molecule has 0 saturated carbocycles. The van der Waals surface area contributed by atoms with Gasteiger partial charge in [-0.2, -0.15) is 0 Å². The summed E-state index contributed by atoms with van der Waals surface area (Å²) in [5, 5.41) is 0.620. The zero-order chi connectivity index (χ0) is 26.6. The molecule has 2 unspecified atom stereocenters. The highest BCUT2D eigenvalue weighted by Gasteiger charge is 2.34. The minimum atomic E-state index is -0.461. The molecule has 0 N–H and O–H groups in total. The number of ether oxygens (including phenoxy) is 3. The molecular weight excluding hydrogens is 504 g/mol. The number of esters is 1. The molecule has 2 atom stereocenters. The number of carbonyl (C=O) groups excluding carboxylic acids is 2. The van der Waals surface area contributed by atoms with Gasteiger partial charge >= 0.3 is 5.97 Å². The summed E-state index contributed by atoms with van der Waals surface area (Å²) in [7, 11) is 1.64. The number of likely N-dealkylation sites (tertiary alicyclic amines) is 1. The maximum Gasteiger partial charge on any atom is 0.306 e. The number of amides is 1. The van der Waals surface area contributed by atoms with E-state index in [0.717, 1.165) is 41.1 Å². The number of halogens is 1. The Balaban J connectivity index is 1.38. The maximum atomic E-state index is 13.5. The summed E-state index contributed by atoms with van der Waals surface area (Å²) in [5.74, 6) is 0.872. The first kappa shape index (κ1) is 26.3. The van der Waals surface area contributed by atoms with E-state index in [1.165, 1.54) is 0 Å². The molecule has 2 aromatic carbocycles. The summed E-state index contributed by atoms with van der Waals surface area (Å²) in [6, 6.07) is 17.6. The molecule has 1 saturated heterocycles. The molecule has 2 aliphatic rings. The van der Waals surface area contributed by atoms with Crippen LogP contribution < -0.4 is 4.74 Å². The molecule has 1 fully saturated rings. The van der Waals surface area contributed by atoms with Crippen molar-refractivity contribution in [2.75, 3.05) is 26.8 Å². The van der Waals surface area contributed by atoms with E-state index in [1.807, 2.05) is 72.6 Å². The Labute approximate surface area is 228 Å². The van der Waals surface area contributed by atoms with Gasteiger partial charge in [0.25, 0.3) is 0 Å². The molecule has 8 heteroatoms. The summed E-state index contributed by atoms with van der Waals surface area (Å²) in [6.45, 7) is 3.47. The van der Waals surface area contributed by atoms with Crippen molar-refractivity contribution < 1.29 is 23.8 Å². The van der Waals surface area contributed by atoms with Crippen LogP contribution in [0.1, 0.15) is 61.6 Å². The van der Waals surface area contributed by atoms with Gasteiger partial charge in [0.1, 0.15) is 18.0 Å². The first-order chi connectivity index (χ1) is 18.5. The molecule has 7 nitrogen and oxygen atoms in total. The lowest BCUT2D eigenvalue weighted by molar-refractivity contribution is -0.144. The number of benzene rings is 2. The minimum Gasteiger partial charge on any atom is -0.497 e. The Kier molecular flexibility index (Phi) is 8.05. The first-order valence-electron chi connectivity index (χ1n) is 13.2. The molecule has 1 aromatic heterocycles. The molecule has 200 valence electrons. The van der Waals surface area contributed by atoms with Crippen molar-refractivity contribution in [3.63, 3.8) is 0 Å². The summed E-state index contributed by atoms with van der Waals surface area (Å²) in [4.78, 5) is 27.3. The lowest BCUT2D eigenvalue weighted by Crippen LogP contribution is -2.39. The van der Waals surface area contributed by atoms with Gasteiger partial charge < -0.3 is 23.7 Å². The number of hydrogen-bond acceptors (Lipinski definition) is 5. The Morgan fingerprint density at radius 2 is 1.87 bits per heavy atom. The second-order valence-electron chi connectivity index (χ2n) is 9.83. The number of piperidine rings is 1. The van der Waals surface area contributed by atoms with Gasteiger partial charge in [-0.1, -0.05) is 23.7 Å². The molecule has 0 spiro atoms. The van der Waals surface area contributed by atoms with Crippen LogP contribution in [0.4, 0.5) is 0 Å². The number of rotatable bonds is 7. The zero-order valence-electron chi connectivity index (χ0n) is 21.8. The Bertz CT molecular complexity index is 1300. The average molecular weight is 537 g/mol. The van der Waals surface area contributed by atoms with Crippen LogP contribution in [-0.2, 0) is 19.1 Å². The fourth-order valence-electron chi connectivity index (χ4n) is 5.48. The molecule has 0 bridgehead atoms. The highest BCUT2D eigenvalue weighted by atomic mass is 35.5. The van der Waals surface area contributed by atoms with Crippen LogP contribution in [0.5, 0.6) is 5.75 Å². The van der Waals surface area contributed by atoms with Crippen molar-refractivity contribution >= 4 is 23.5 Å². The highest BCUT2D eigenvalue weighted by molar-refractivity contribution is 6.30. The van der Waals surface area contributed by atoms with E-state index >= 15 is 0 Å². The van der Waals surface area contributed by atoms with Crippen LogP contribution in [0.2, 0.25) is 5.02 Å². The second kappa shape index (κ2) is 11.6. The van der Waals surface area contributed by atoms with Gasteiger partial charge in [-0.25, -0.2) is 0 Å². The third-order valence-corrected chi connectivity index (χ3v) is 7.66. The van der Waals surface area contributed by atoms with Gasteiger partial charge in [-0.05, 0) is 73.7 Å². The number of carbonyl (C=O) groups is 2. The third-order valence-electron chi connectivity index (χ3n) is 7.43. The van der Waals surface area contributed by atoms with Gasteiger partial charge in [0, 0.05) is 36.3 Å². The van der Waals surface area contributed by atoms with Crippen LogP contribution in [0, 0.1) is 5.92 Å². The first-order valence-corrected chi connectivity index (χ1v) is 13.5. The summed E-state index contributed by atoms with van der Waals surface area (Å²) >= 11 is 6.45. The van der Waals surface area contributed by atoms with Gasteiger partial charge in [0.05, 0.1) is 31.5 Å². The van der Waals surface area contributed by atoms with Crippen molar-refractivity contribution in [3.05, 3.63) is 82.6 Å². The van der Waals surface area contributed by atoms with Gasteiger partial charge in [0.2, 0.25) is 5.91 Å². The maximum absolute atomic E-state index is 13.5. The van der Waals surface area contributed by atoms with E-state index in [0.29, 0.717) is 31.1 Å². The number of fused-ring (bicyclic) bond motifs is 3. The van der Waals surface area contributed by atoms with E-state index in [2.05, 4.69) is 4.57 Å². The van der Waals surface area contributed by atoms with E-state index in [1.54, 1.807) is 7.11 Å². The average Bonchev–Trinajstić information content (AvgIpc) is 3.37. The van der Waals surface area contributed by atoms with E-state index in [9.17, 15) is 9.59 Å². The molecule has 38 heavy (non-hydrogen) atoms. The standard InChI is InChI=1S/C30H33ClN2O5/c1-3-37-29(35)16-20-11-14-32(15-12-20)28(34)19-27-26-8-5-13-33(26)25-10-9-22(31)18-24(25)30(38-27)21-6-4-7-23(17-21)36-2/h4-10,13,17-18,20,27,30H,3,11-12,14-16,19H2,1-2H3. The van der Waals surface area contributed by atoms with Gasteiger partial charge in [0.15, 0.2) is 0 Å². The van der Waals surface area contributed by atoms with Crippen molar-refractivity contribution in [3.8, 4) is 11.4 Å². The van der Waals surface area contributed by atoms with Gasteiger partial charge in [-0.15, -0.1) is 0 Å². The molecule has 3 aromatic rings.